The molecular formula is C15H19N5O3. The van der Waals surface area contributed by atoms with Gasteiger partial charge in [0.2, 0.25) is 11.6 Å². The Morgan fingerprint density at radius 3 is 2.61 bits per heavy atom. The Balaban J connectivity index is 2.20. The van der Waals surface area contributed by atoms with Gasteiger partial charge in [-0.2, -0.15) is 0 Å². The molecule has 8 nitrogen and oxygen atoms in total. The second-order valence-corrected chi connectivity index (χ2v) is 5.02. The molecule has 1 aromatic heterocycles. The third-order valence-corrected chi connectivity index (χ3v) is 3.11. The highest BCUT2D eigenvalue weighted by Gasteiger charge is 2.23. The Bertz CT molecular complexity index is 651. The second kappa shape index (κ2) is 8.04. The number of nitro groups is 1. The molecule has 0 saturated heterocycles. The molecule has 0 radical (unpaired) electrons. The average Bonchev–Trinajstić information content (AvgIpc) is 2.54. The van der Waals surface area contributed by atoms with E-state index in [0.717, 1.165) is 5.56 Å². The molecule has 0 bridgehead atoms. The van der Waals surface area contributed by atoms with Gasteiger partial charge >= 0.3 is 5.69 Å². The third kappa shape index (κ3) is 4.62. The van der Waals surface area contributed by atoms with E-state index in [-0.39, 0.29) is 23.4 Å². The number of ether oxygens (including phenoxy) is 1. The van der Waals surface area contributed by atoms with Gasteiger partial charge in [-0.3, -0.25) is 10.1 Å². The Kier molecular flexibility index (Phi) is 5.81. The number of benzene rings is 1. The summed E-state index contributed by atoms with van der Waals surface area (Å²) in [7, 11) is 1.57. The van der Waals surface area contributed by atoms with Crippen LogP contribution in [-0.4, -0.2) is 34.6 Å². The fraction of sp³-hybridized carbons (Fsp3) is 0.333. The summed E-state index contributed by atoms with van der Waals surface area (Å²) in [6.45, 7) is 2.70. The number of nitrogens with zero attached hydrogens (tertiary/aromatic N) is 3. The maximum atomic E-state index is 11.4. The minimum Gasteiger partial charge on any atom is -0.383 e. The van der Waals surface area contributed by atoms with Gasteiger partial charge in [0.15, 0.2) is 0 Å². The summed E-state index contributed by atoms with van der Waals surface area (Å²) in [5.74, 6) is 0.353. The molecule has 8 heteroatoms. The standard InChI is InChI=1S/C15H19N5O3/c1-11(9-23-2)19-15-13(20(21)22)14(17-10-18-15)16-8-12-6-4-3-5-7-12/h3-7,10-11H,8-9H2,1-2H3,(H2,16,17,18,19). The predicted molar refractivity (Wildman–Crippen MR) is 87.4 cm³/mol. The Labute approximate surface area is 134 Å². The van der Waals surface area contributed by atoms with Gasteiger partial charge in [-0.15, -0.1) is 0 Å². The molecule has 2 aromatic rings. The molecule has 2 rings (SSSR count). The fourth-order valence-electron chi connectivity index (χ4n) is 2.09. The molecule has 1 aromatic carbocycles. The lowest BCUT2D eigenvalue weighted by Gasteiger charge is -2.14. The molecule has 122 valence electrons. The van der Waals surface area contributed by atoms with Crippen molar-refractivity contribution >= 4 is 17.3 Å². The van der Waals surface area contributed by atoms with E-state index in [4.69, 9.17) is 4.74 Å². The lowest BCUT2D eigenvalue weighted by atomic mass is 10.2. The number of nitrogens with one attached hydrogen (secondary N) is 2. The van der Waals surface area contributed by atoms with Crippen molar-refractivity contribution in [3.8, 4) is 0 Å². The van der Waals surface area contributed by atoms with Crippen LogP contribution in [0, 0.1) is 10.1 Å². The topological polar surface area (TPSA) is 102 Å². The van der Waals surface area contributed by atoms with E-state index >= 15 is 0 Å². The highest BCUT2D eigenvalue weighted by Crippen LogP contribution is 2.29. The molecule has 0 aliphatic rings. The maximum Gasteiger partial charge on any atom is 0.353 e. The van der Waals surface area contributed by atoms with Crippen molar-refractivity contribution in [2.45, 2.75) is 19.5 Å². The normalized spacial score (nSPS) is 11.7. The first-order valence-corrected chi connectivity index (χ1v) is 7.14. The zero-order valence-electron chi connectivity index (χ0n) is 13.0. The van der Waals surface area contributed by atoms with E-state index in [2.05, 4.69) is 20.6 Å². The maximum absolute atomic E-state index is 11.4. The molecule has 0 amide bonds. The van der Waals surface area contributed by atoms with Crippen LogP contribution in [0.1, 0.15) is 12.5 Å². The summed E-state index contributed by atoms with van der Waals surface area (Å²) in [6.07, 6.45) is 1.29. The molecular weight excluding hydrogens is 298 g/mol. The molecule has 0 aliphatic carbocycles. The fourth-order valence-corrected chi connectivity index (χ4v) is 2.09. The van der Waals surface area contributed by atoms with E-state index in [1.54, 1.807) is 7.11 Å². The minimum atomic E-state index is -0.491. The Morgan fingerprint density at radius 2 is 1.96 bits per heavy atom. The van der Waals surface area contributed by atoms with Crippen molar-refractivity contribution in [3.05, 3.63) is 52.3 Å². The summed E-state index contributed by atoms with van der Waals surface area (Å²) in [6, 6.07) is 9.47. The van der Waals surface area contributed by atoms with Crippen molar-refractivity contribution in [1.29, 1.82) is 0 Å². The van der Waals surface area contributed by atoms with Crippen LogP contribution in [0.2, 0.25) is 0 Å². The van der Waals surface area contributed by atoms with Gasteiger partial charge in [-0.05, 0) is 12.5 Å². The van der Waals surface area contributed by atoms with Gasteiger partial charge in [-0.25, -0.2) is 9.97 Å². The largest absolute Gasteiger partial charge is 0.383 e. The zero-order chi connectivity index (χ0) is 16.7. The summed E-state index contributed by atoms with van der Waals surface area (Å²) in [4.78, 5) is 18.9. The number of rotatable bonds is 8. The van der Waals surface area contributed by atoms with E-state index in [0.29, 0.717) is 13.2 Å². The highest BCUT2D eigenvalue weighted by molar-refractivity contribution is 5.69. The molecule has 0 saturated carbocycles. The summed E-state index contributed by atoms with van der Waals surface area (Å²) in [5, 5.41) is 17.4. The molecule has 1 atom stereocenters. The summed E-state index contributed by atoms with van der Waals surface area (Å²) >= 11 is 0. The van der Waals surface area contributed by atoms with Gasteiger partial charge < -0.3 is 15.4 Å². The van der Waals surface area contributed by atoms with E-state index in [1.807, 2.05) is 37.3 Å². The first-order chi connectivity index (χ1) is 11.1. The van der Waals surface area contributed by atoms with Crippen LogP contribution in [0.3, 0.4) is 0 Å². The van der Waals surface area contributed by atoms with Crippen LogP contribution < -0.4 is 10.6 Å². The van der Waals surface area contributed by atoms with Crippen LogP contribution in [0.25, 0.3) is 0 Å². The summed E-state index contributed by atoms with van der Waals surface area (Å²) < 4.78 is 5.02. The van der Waals surface area contributed by atoms with Gasteiger partial charge in [0.25, 0.3) is 0 Å². The van der Waals surface area contributed by atoms with Gasteiger partial charge in [0.05, 0.1) is 11.5 Å². The van der Waals surface area contributed by atoms with Gasteiger partial charge in [0, 0.05) is 19.7 Å². The molecule has 23 heavy (non-hydrogen) atoms. The molecule has 1 unspecified atom stereocenters. The van der Waals surface area contributed by atoms with Crippen molar-refractivity contribution in [1.82, 2.24) is 9.97 Å². The second-order valence-electron chi connectivity index (χ2n) is 5.02. The summed E-state index contributed by atoms with van der Waals surface area (Å²) in [5.41, 5.74) is 0.828. The smallest absolute Gasteiger partial charge is 0.353 e. The molecule has 0 spiro atoms. The predicted octanol–water partition coefficient (Wildman–Crippen LogP) is 2.44. The average molecular weight is 317 g/mol. The van der Waals surface area contributed by atoms with Crippen LogP contribution in [0.4, 0.5) is 17.3 Å². The minimum absolute atomic E-state index is 0.115. The Hall–Kier alpha value is -2.74. The molecule has 0 fully saturated rings. The SMILES string of the molecule is COCC(C)Nc1ncnc(NCc2ccccc2)c1[N+](=O)[O-]. The number of hydrogen-bond acceptors (Lipinski definition) is 7. The first-order valence-electron chi connectivity index (χ1n) is 7.14. The number of aromatic nitrogens is 2. The lowest BCUT2D eigenvalue weighted by molar-refractivity contribution is -0.383. The van der Waals surface area contributed by atoms with Crippen LogP contribution in [0.15, 0.2) is 36.7 Å². The van der Waals surface area contributed by atoms with Gasteiger partial charge in [0.1, 0.15) is 6.33 Å². The molecule has 0 aliphatic heterocycles. The number of anilines is 2. The van der Waals surface area contributed by atoms with Crippen LogP contribution in [0.5, 0.6) is 0 Å². The van der Waals surface area contributed by atoms with Crippen LogP contribution >= 0.6 is 0 Å². The van der Waals surface area contributed by atoms with Crippen molar-refractivity contribution in [2.24, 2.45) is 0 Å². The van der Waals surface area contributed by atoms with Crippen molar-refractivity contribution in [3.63, 3.8) is 0 Å². The molecule has 2 N–H and O–H groups in total. The van der Waals surface area contributed by atoms with Crippen molar-refractivity contribution in [2.75, 3.05) is 24.4 Å². The number of methoxy groups -OCH3 is 1. The van der Waals surface area contributed by atoms with E-state index in [1.165, 1.54) is 6.33 Å². The Morgan fingerprint density at radius 1 is 1.26 bits per heavy atom. The van der Waals surface area contributed by atoms with E-state index < -0.39 is 4.92 Å². The highest BCUT2D eigenvalue weighted by atomic mass is 16.6. The van der Waals surface area contributed by atoms with Crippen LogP contribution in [-0.2, 0) is 11.3 Å². The zero-order valence-corrected chi connectivity index (χ0v) is 13.0. The van der Waals surface area contributed by atoms with Crippen molar-refractivity contribution < 1.29 is 9.66 Å². The van der Waals surface area contributed by atoms with Gasteiger partial charge in [-0.1, -0.05) is 30.3 Å². The first kappa shape index (κ1) is 16.6. The third-order valence-electron chi connectivity index (χ3n) is 3.11. The quantitative estimate of drug-likeness (QED) is 0.569. The molecule has 1 heterocycles. The lowest BCUT2D eigenvalue weighted by Crippen LogP contribution is -2.22. The van der Waals surface area contributed by atoms with E-state index in [9.17, 15) is 10.1 Å². The monoisotopic (exact) mass is 317 g/mol. The number of hydrogen-bond donors (Lipinski definition) is 2.